The van der Waals surface area contributed by atoms with Crippen LogP contribution >= 0.6 is 22.3 Å². The highest BCUT2D eigenvalue weighted by molar-refractivity contribution is 8.13. The Morgan fingerprint density at radius 3 is 2.36 bits per heavy atom. The first-order valence-corrected chi connectivity index (χ1v) is 6.34. The lowest BCUT2D eigenvalue weighted by Crippen LogP contribution is -1.96. The molecular weight excluding hydrogens is 247 g/mol. The molecule has 0 fully saturated rings. The molecule has 78 valence electrons. The summed E-state index contributed by atoms with van der Waals surface area (Å²) in [5.41, 5.74) is 0.419. The number of hydrogen-bond donors (Lipinski definition) is 0. The Morgan fingerprint density at radius 2 is 1.93 bits per heavy atom. The average Bonchev–Trinajstić information content (AvgIpc) is 2.07. The molecule has 3 nitrogen and oxygen atoms in total. The van der Waals surface area contributed by atoms with Crippen molar-refractivity contribution in [3.63, 3.8) is 0 Å². The third-order valence-corrected chi connectivity index (χ3v) is 3.61. The van der Waals surface area contributed by atoms with Gasteiger partial charge in [-0.25, -0.2) is 8.42 Å². The molecule has 0 saturated heterocycles. The minimum absolute atomic E-state index is 0.0245. The molecule has 0 aliphatic rings. The van der Waals surface area contributed by atoms with Gasteiger partial charge >= 0.3 is 0 Å². The molecule has 0 unspecified atom stereocenters. The number of hydrogen-bond acceptors (Lipinski definition) is 3. The van der Waals surface area contributed by atoms with E-state index in [1.54, 1.807) is 6.92 Å². The molecule has 1 aromatic rings. The lowest BCUT2D eigenvalue weighted by atomic mass is 10.2. The molecule has 14 heavy (non-hydrogen) atoms. The molecule has 0 heterocycles. The quantitative estimate of drug-likeness (QED) is 0.763. The predicted octanol–water partition coefficient (Wildman–Crippen LogP) is 2.58. The van der Waals surface area contributed by atoms with E-state index in [-0.39, 0.29) is 4.90 Å². The van der Waals surface area contributed by atoms with Crippen LogP contribution in [-0.4, -0.2) is 15.5 Å². The molecule has 0 amide bonds. The van der Waals surface area contributed by atoms with Gasteiger partial charge in [-0.15, -0.1) is 0 Å². The van der Waals surface area contributed by atoms with Crippen molar-refractivity contribution in [1.29, 1.82) is 0 Å². The van der Waals surface area contributed by atoms with E-state index in [0.29, 0.717) is 16.3 Å². The maximum atomic E-state index is 11.1. The molecule has 1 rings (SSSR count). The zero-order chi connectivity index (χ0) is 10.9. The van der Waals surface area contributed by atoms with Gasteiger partial charge in [-0.05, 0) is 18.6 Å². The SMILES string of the molecule is COc1cc(Cl)c(C)c(S(=O)(=O)Cl)c1. The van der Waals surface area contributed by atoms with Gasteiger partial charge in [0.2, 0.25) is 0 Å². The van der Waals surface area contributed by atoms with E-state index in [4.69, 9.17) is 27.0 Å². The van der Waals surface area contributed by atoms with Crippen molar-refractivity contribution < 1.29 is 13.2 Å². The van der Waals surface area contributed by atoms with E-state index in [9.17, 15) is 8.42 Å². The molecule has 1 aromatic carbocycles. The Kier molecular flexibility index (Phi) is 3.29. The summed E-state index contributed by atoms with van der Waals surface area (Å²) in [6.45, 7) is 1.58. The van der Waals surface area contributed by atoms with Crippen LogP contribution < -0.4 is 4.74 Å². The van der Waals surface area contributed by atoms with Gasteiger partial charge in [0.05, 0.1) is 12.0 Å². The van der Waals surface area contributed by atoms with E-state index >= 15 is 0 Å². The van der Waals surface area contributed by atoms with E-state index in [0.717, 1.165) is 0 Å². The molecule has 0 bridgehead atoms. The number of benzene rings is 1. The van der Waals surface area contributed by atoms with Crippen LogP contribution in [0.25, 0.3) is 0 Å². The molecule has 0 saturated carbocycles. The highest BCUT2D eigenvalue weighted by atomic mass is 35.7. The Labute approximate surface area is 92.0 Å². The zero-order valence-corrected chi connectivity index (χ0v) is 9.87. The second kappa shape index (κ2) is 3.96. The summed E-state index contributed by atoms with van der Waals surface area (Å²) in [7, 11) is 2.86. The summed E-state index contributed by atoms with van der Waals surface area (Å²) in [5.74, 6) is 0.361. The van der Waals surface area contributed by atoms with Crippen LogP contribution in [-0.2, 0) is 9.05 Å². The first-order valence-electron chi connectivity index (χ1n) is 3.65. The van der Waals surface area contributed by atoms with E-state index < -0.39 is 9.05 Å². The third kappa shape index (κ3) is 2.32. The summed E-state index contributed by atoms with van der Waals surface area (Å²) in [5, 5.41) is 0.309. The number of ether oxygens (including phenoxy) is 1. The van der Waals surface area contributed by atoms with E-state index in [2.05, 4.69) is 0 Å². The van der Waals surface area contributed by atoms with Gasteiger partial charge < -0.3 is 4.74 Å². The van der Waals surface area contributed by atoms with E-state index in [1.807, 2.05) is 0 Å². The highest BCUT2D eigenvalue weighted by Gasteiger charge is 2.17. The third-order valence-electron chi connectivity index (χ3n) is 1.77. The second-order valence-corrected chi connectivity index (χ2v) is 5.61. The molecule has 0 aromatic heterocycles. The largest absolute Gasteiger partial charge is 0.497 e. The molecule has 0 radical (unpaired) electrons. The number of rotatable bonds is 2. The van der Waals surface area contributed by atoms with Gasteiger partial charge in [-0.3, -0.25) is 0 Å². The normalized spacial score (nSPS) is 11.4. The Balaban J connectivity index is 3.51. The van der Waals surface area contributed by atoms with Crippen molar-refractivity contribution in [2.24, 2.45) is 0 Å². The summed E-state index contributed by atoms with van der Waals surface area (Å²) in [6, 6.07) is 2.87. The van der Waals surface area contributed by atoms with Crippen LogP contribution in [0, 0.1) is 6.92 Å². The van der Waals surface area contributed by atoms with Crippen LogP contribution in [0.2, 0.25) is 5.02 Å². The first kappa shape index (κ1) is 11.6. The summed E-state index contributed by atoms with van der Waals surface area (Å²) in [6.07, 6.45) is 0. The maximum absolute atomic E-state index is 11.1. The van der Waals surface area contributed by atoms with Gasteiger partial charge in [-0.1, -0.05) is 11.6 Å². The molecular formula is C8H8Cl2O3S. The molecule has 0 aliphatic heterocycles. The summed E-state index contributed by atoms with van der Waals surface area (Å²) < 4.78 is 27.1. The van der Waals surface area contributed by atoms with Crippen molar-refractivity contribution in [3.05, 3.63) is 22.7 Å². The topological polar surface area (TPSA) is 43.4 Å². The van der Waals surface area contributed by atoms with Gasteiger partial charge in [0.1, 0.15) is 5.75 Å². The molecule has 0 N–H and O–H groups in total. The Bertz CT molecular complexity index is 454. The van der Waals surface area contributed by atoms with Crippen LogP contribution in [0.4, 0.5) is 0 Å². The average molecular weight is 255 g/mol. The van der Waals surface area contributed by atoms with Gasteiger partial charge in [0, 0.05) is 21.8 Å². The van der Waals surface area contributed by atoms with Crippen molar-refractivity contribution in [2.45, 2.75) is 11.8 Å². The number of methoxy groups -OCH3 is 1. The fraction of sp³-hybridized carbons (Fsp3) is 0.250. The molecule has 0 atom stereocenters. The monoisotopic (exact) mass is 254 g/mol. The minimum Gasteiger partial charge on any atom is -0.497 e. The standard InChI is InChI=1S/C8H8Cl2O3S/c1-5-7(9)3-6(13-2)4-8(5)14(10,11)12/h3-4H,1-2H3. The summed E-state index contributed by atoms with van der Waals surface area (Å²) in [4.78, 5) is -0.0245. The maximum Gasteiger partial charge on any atom is 0.261 e. The molecule has 0 spiro atoms. The molecule has 6 heteroatoms. The second-order valence-electron chi connectivity index (χ2n) is 2.67. The van der Waals surface area contributed by atoms with Crippen LogP contribution in [0.3, 0.4) is 0 Å². The lowest BCUT2D eigenvalue weighted by Gasteiger charge is -2.07. The fourth-order valence-corrected chi connectivity index (χ4v) is 2.48. The van der Waals surface area contributed by atoms with Crippen LogP contribution in [0.1, 0.15) is 5.56 Å². The summed E-state index contributed by atoms with van der Waals surface area (Å²) >= 11 is 5.80. The fourth-order valence-electron chi connectivity index (χ4n) is 1.00. The first-order chi connectivity index (χ1) is 6.36. The lowest BCUT2D eigenvalue weighted by molar-refractivity contribution is 0.413. The molecule has 0 aliphatic carbocycles. The Hall–Kier alpha value is -0.450. The van der Waals surface area contributed by atoms with Crippen LogP contribution in [0.5, 0.6) is 5.75 Å². The minimum atomic E-state index is -3.78. The van der Waals surface area contributed by atoms with Gasteiger partial charge in [-0.2, -0.15) is 0 Å². The van der Waals surface area contributed by atoms with Crippen molar-refractivity contribution >= 4 is 31.3 Å². The number of halogens is 2. The van der Waals surface area contributed by atoms with Gasteiger partial charge in [0.15, 0.2) is 0 Å². The Morgan fingerprint density at radius 1 is 1.36 bits per heavy atom. The van der Waals surface area contributed by atoms with E-state index in [1.165, 1.54) is 19.2 Å². The van der Waals surface area contributed by atoms with Crippen LogP contribution in [0.15, 0.2) is 17.0 Å². The van der Waals surface area contributed by atoms with Crippen molar-refractivity contribution in [3.8, 4) is 5.75 Å². The zero-order valence-electron chi connectivity index (χ0n) is 7.54. The van der Waals surface area contributed by atoms with Crippen molar-refractivity contribution in [1.82, 2.24) is 0 Å². The van der Waals surface area contributed by atoms with Gasteiger partial charge in [0.25, 0.3) is 9.05 Å². The predicted molar refractivity (Wildman–Crippen MR) is 55.8 cm³/mol. The highest BCUT2D eigenvalue weighted by Crippen LogP contribution is 2.30. The smallest absolute Gasteiger partial charge is 0.261 e. The van der Waals surface area contributed by atoms with Crippen molar-refractivity contribution in [2.75, 3.05) is 7.11 Å².